The predicted molar refractivity (Wildman–Crippen MR) is 53.4 cm³/mol. The molecule has 9 heteroatoms. The van der Waals surface area contributed by atoms with Crippen LogP contribution in [0.3, 0.4) is 0 Å². The Labute approximate surface area is 101 Å². The second-order valence-corrected chi connectivity index (χ2v) is 6.25. The maximum absolute atomic E-state index is 12.5. The molecule has 0 aromatic rings. The van der Waals surface area contributed by atoms with E-state index in [1.165, 1.54) is 0 Å². The lowest BCUT2D eigenvalue weighted by Crippen LogP contribution is -2.38. The third-order valence-corrected chi connectivity index (χ3v) is 4.29. The summed E-state index contributed by atoms with van der Waals surface area (Å²) in [5.74, 6) is -0.335. The van der Waals surface area contributed by atoms with Crippen molar-refractivity contribution in [2.45, 2.75) is 44.4 Å². The summed E-state index contributed by atoms with van der Waals surface area (Å²) in [6.07, 6.45) is -8.65. The third-order valence-electron chi connectivity index (χ3n) is 2.80. The number of hydrogen-bond donors (Lipinski definition) is 1. The molecule has 1 aliphatic carbocycles. The Balaban J connectivity index is 2.61. The van der Waals surface area contributed by atoms with Crippen molar-refractivity contribution in [2.24, 2.45) is 5.92 Å². The second kappa shape index (κ2) is 5.43. The first-order valence-electron chi connectivity index (χ1n) is 5.51. The smallest absolute Gasteiger partial charge is 0.324 e. The van der Waals surface area contributed by atoms with Crippen molar-refractivity contribution in [2.75, 3.05) is 6.16 Å². The molecule has 0 aromatic carbocycles. The van der Waals surface area contributed by atoms with Gasteiger partial charge < -0.3 is 4.89 Å². The summed E-state index contributed by atoms with van der Waals surface area (Å²) in [6.45, 7) is 0. The molecule has 1 rings (SSSR count). The molecule has 0 heterocycles. The van der Waals surface area contributed by atoms with Crippen molar-refractivity contribution in [3.63, 3.8) is 0 Å². The second-order valence-electron chi connectivity index (χ2n) is 4.43. The highest BCUT2D eigenvalue weighted by atomic mass is 31.2. The van der Waals surface area contributed by atoms with Crippen molar-refractivity contribution in [1.82, 2.24) is 0 Å². The van der Waals surface area contributed by atoms with Gasteiger partial charge in [0.25, 0.3) is 0 Å². The molecule has 3 nitrogen and oxygen atoms in total. The lowest BCUT2D eigenvalue weighted by atomic mass is 9.91. The van der Waals surface area contributed by atoms with Gasteiger partial charge in [-0.2, -0.15) is 22.0 Å². The third kappa shape index (κ3) is 4.48. The van der Waals surface area contributed by atoms with Gasteiger partial charge in [-0.15, -0.1) is 0 Å². The van der Waals surface area contributed by atoms with Gasteiger partial charge >= 0.3 is 19.9 Å². The molecule has 1 fully saturated rings. The van der Waals surface area contributed by atoms with Crippen LogP contribution in [0.15, 0.2) is 0 Å². The van der Waals surface area contributed by atoms with Crippen molar-refractivity contribution in [3.8, 4) is 0 Å². The SMILES string of the molecule is O=P(O)(CC1CCCCC1)OC(F)(F)C(F)(F)F. The Hall–Kier alpha value is -0.200. The zero-order valence-corrected chi connectivity index (χ0v) is 10.3. The van der Waals surface area contributed by atoms with Crippen molar-refractivity contribution < 1.29 is 35.9 Å². The van der Waals surface area contributed by atoms with Gasteiger partial charge in [-0.05, 0) is 18.8 Å². The molecule has 1 atom stereocenters. The summed E-state index contributed by atoms with van der Waals surface area (Å²) in [4.78, 5) is 9.12. The van der Waals surface area contributed by atoms with Crippen LogP contribution in [0.2, 0.25) is 0 Å². The molecule has 108 valence electrons. The molecule has 1 N–H and O–H groups in total. The number of hydrogen-bond acceptors (Lipinski definition) is 2. The number of alkyl halides is 5. The van der Waals surface area contributed by atoms with E-state index in [0.717, 1.165) is 19.3 Å². The van der Waals surface area contributed by atoms with Gasteiger partial charge in [0, 0.05) is 0 Å². The average Bonchev–Trinajstić information content (AvgIpc) is 2.14. The summed E-state index contributed by atoms with van der Waals surface area (Å²) < 4.78 is 75.0. The zero-order valence-electron chi connectivity index (χ0n) is 9.42. The molecular weight excluding hydrogens is 282 g/mol. The van der Waals surface area contributed by atoms with Crippen LogP contribution >= 0.6 is 7.60 Å². The van der Waals surface area contributed by atoms with Gasteiger partial charge in [0.05, 0.1) is 6.16 Å². The molecule has 0 saturated heterocycles. The summed E-state index contributed by atoms with van der Waals surface area (Å²) in [5, 5.41) is 0. The quantitative estimate of drug-likeness (QED) is 0.631. The highest BCUT2D eigenvalue weighted by Gasteiger charge is 2.62. The Morgan fingerprint density at radius 3 is 2.06 bits per heavy atom. The fourth-order valence-electron chi connectivity index (χ4n) is 1.96. The topological polar surface area (TPSA) is 46.5 Å². The predicted octanol–water partition coefficient (Wildman–Crippen LogP) is 3.92. The lowest BCUT2D eigenvalue weighted by molar-refractivity contribution is -0.362. The van der Waals surface area contributed by atoms with Gasteiger partial charge in [0.1, 0.15) is 0 Å². The van der Waals surface area contributed by atoms with E-state index in [0.29, 0.717) is 12.8 Å². The van der Waals surface area contributed by atoms with Crippen LogP contribution in [0.1, 0.15) is 32.1 Å². The molecule has 0 amide bonds. The van der Waals surface area contributed by atoms with Gasteiger partial charge in [-0.3, -0.25) is 4.57 Å². The Morgan fingerprint density at radius 2 is 1.61 bits per heavy atom. The van der Waals surface area contributed by atoms with Crippen LogP contribution < -0.4 is 0 Å². The average molecular weight is 296 g/mol. The minimum Gasteiger partial charge on any atom is -0.324 e. The standard InChI is InChI=1S/C9H14F5O3P/c10-8(11,12)9(13,14)17-18(15,16)6-7-4-2-1-3-5-7/h7H,1-6H2,(H,15,16). The molecule has 0 radical (unpaired) electrons. The maximum Gasteiger partial charge on any atom is 0.483 e. The molecule has 0 aromatic heterocycles. The minimum absolute atomic E-state index is 0.335. The molecule has 0 aliphatic heterocycles. The summed E-state index contributed by atoms with van der Waals surface area (Å²) in [6, 6.07) is 0. The molecular formula is C9H14F5O3P. The highest BCUT2D eigenvalue weighted by molar-refractivity contribution is 7.52. The fourth-order valence-corrected chi connectivity index (χ4v) is 3.52. The first kappa shape index (κ1) is 15.9. The van der Waals surface area contributed by atoms with Crippen molar-refractivity contribution in [1.29, 1.82) is 0 Å². The summed E-state index contributed by atoms with van der Waals surface area (Å²) in [7, 11) is -4.95. The largest absolute Gasteiger partial charge is 0.483 e. The molecule has 1 aliphatic rings. The van der Waals surface area contributed by atoms with Crippen molar-refractivity contribution >= 4 is 7.60 Å². The van der Waals surface area contributed by atoms with Crippen LogP contribution in [0.5, 0.6) is 0 Å². The molecule has 0 spiro atoms. The highest BCUT2D eigenvalue weighted by Crippen LogP contribution is 2.54. The maximum atomic E-state index is 12.5. The lowest BCUT2D eigenvalue weighted by Gasteiger charge is -2.26. The van der Waals surface area contributed by atoms with Crippen LogP contribution in [0, 0.1) is 5.92 Å². The Morgan fingerprint density at radius 1 is 1.11 bits per heavy atom. The van der Waals surface area contributed by atoms with E-state index in [1.54, 1.807) is 0 Å². The van der Waals surface area contributed by atoms with Gasteiger partial charge in [0.15, 0.2) is 0 Å². The summed E-state index contributed by atoms with van der Waals surface area (Å²) >= 11 is 0. The number of rotatable bonds is 4. The van der Waals surface area contributed by atoms with E-state index in [9.17, 15) is 26.5 Å². The minimum atomic E-state index is -5.99. The van der Waals surface area contributed by atoms with E-state index in [2.05, 4.69) is 4.52 Å². The first-order chi connectivity index (χ1) is 8.04. The van der Waals surface area contributed by atoms with Gasteiger partial charge in [-0.1, -0.05) is 19.3 Å². The Bertz CT molecular complexity index is 325. The van der Waals surface area contributed by atoms with Crippen LogP contribution in [-0.2, 0) is 9.09 Å². The van der Waals surface area contributed by atoms with Gasteiger partial charge in [0.2, 0.25) is 0 Å². The molecule has 1 unspecified atom stereocenters. The molecule has 0 bridgehead atoms. The number of halogens is 5. The normalized spacial score (nSPS) is 22.8. The zero-order chi connectivity index (χ0) is 14.0. The van der Waals surface area contributed by atoms with Gasteiger partial charge in [-0.25, -0.2) is 4.52 Å². The van der Waals surface area contributed by atoms with E-state index in [-0.39, 0.29) is 5.92 Å². The molecule has 18 heavy (non-hydrogen) atoms. The molecule has 1 saturated carbocycles. The van der Waals surface area contributed by atoms with E-state index < -0.39 is 26.0 Å². The van der Waals surface area contributed by atoms with E-state index in [4.69, 9.17) is 4.89 Å². The van der Waals surface area contributed by atoms with Crippen LogP contribution in [-0.4, -0.2) is 23.3 Å². The Kier molecular flexibility index (Phi) is 4.78. The fraction of sp³-hybridized carbons (Fsp3) is 1.00. The van der Waals surface area contributed by atoms with Crippen molar-refractivity contribution in [3.05, 3.63) is 0 Å². The van der Waals surface area contributed by atoms with Crippen LogP contribution in [0.25, 0.3) is 0 Å². The first-order valence-corrected chi connectivity index (χ1v) is 7.27. The van der Waals surface area contributed by atoms with E-state index >= 15 is 0 Å². The van der Waals surface area contributed by atoms with E-state index in [1.807, 2.05) is 0 Å². The van der Waals surface area contributed by atoms with Crippen LogP contribution in [0.4, 0.5) is 22.0 Å². The summed E-state index contributed by atoms with van der Waals surface area (Å²) in [5.41, 5.74) is 0. The monoisotopic (exact) mass is 296 g/mol.